The summed E-state index contributed by atoms with van der Waals surface area (Å²) in [4.78, 5) is 32.0. The molecule has 0 atom stereocenters. The Bertz CT molecular complexity index is 1030. The minimum absolute atomic E-state index is 0.0763. The van der Waals surface area contributed by atoms with Crippen LogP contribution < -0.4 is 16.0 Å². The topological polar surface area (TPSA) is 94.9 Å². The Labute approximate surface area is 206 Å². The van der Waals surface area contributed by atoms with Crippen LogP contribution in [0.1, 0.15) is 43.7 Å². The third kappa shape index (κ3) is 8.07. The average molecular weight is 508 g/mol. The average Bonchev–Trinajstić information content (AvgIpc) is 3.15. The first-order valence-corrected chi connectivity index (χ1v) is 12.1. The third-order valence-corrected chi connectivity index (χ3v) is 6.59. The number of nitrogens with zero attached hydrogens (tertiary/aromatic N) is 2. The highest BCUT2D eigenvalue weighted by atomic mass is 32.2. The number of guanidine groups is 1. The van der Waals surface area contributed by atoms with Crippen LogP contribution in [-0.2, 0) is 17.4 Å². The van der Waals surface area contributed by atoms with Crippen LogP contribution in [-0.4, -0.2) is 42.5 Å². The first kappa shape index (κ1) is 26.7. The van der Waals surface area contributed by atoms with Gasteiger partial charge in [0, 0.05) is 11.7 Å². The number of carbonyl (C=O) groups is 2. The maximum atomic E-state index is 12.7. The third-order valence-electron chi connectivity index (χ3n) is 5.78. The van der Waals surface area contributed by atoms with Crippen LogP contribution in [0.3, 0.4) is 0 Å². The fraction of sp³-hybridized carbons (Fsp3) is 0.417. The van der Waals surface area contributed by atoms with Crippen molar-refractivity contribution in [3.05, 3.63) is 58.1 Å². The molecular formula is C24H28F3N5O2S. The second-order valence-electron chi connectivity index (χ2n) is 8.24. The molecule has 1 aliphatic heterocycles. The van der Waals surface area contributed by atoms with E-state index in [2.05, 4.69) is 32.7 Å². The molecule has 188 valence electrons. The monoisotopic (exact) mass is 507 g/mol. The largest absolute Gasteiger partial charge is 0.416 e. The number of amides is 2. The normalized spacial score (nSPS) is 22.9. The van der Waals surface area contributed by atoms with Gasteiger partial charge in [0.05, 0.1) is 16.5 Å². The summed E-state index contributed by atoms with van der Waals surface area (Å²) in [6, 6.07) is 5.69. The number of benzene rings is 1. The number of thioether (sulfide) groups is 1. The molecule has 0 unspecified atom stereocenters. The fourth-order valence-electron chi connectivity index (χ4n) is 3.86. The van der Waals surface area contributed by atoms with Gasteiger partial charge in [-0.25, -0.2) is 9.98 Å². The van der Waals surface area contributed by atoms with Gasteiger partial charge in [0.25, 0.3) is 11.1 Å². The second-order valence-corrected chi connectivity index (χ2v) is 9.25. The van der Waals surface area contributed by atoms with E-state index in [0.29, 0.717) is 35.6 Å². The lowest BCUT2D eigenvalue weighted by Gasteiger charge is -2.27. The van der Waals surface area contributed by atoms with Gasteiger partial charge in [-0.2, -0.15) is 13.2 Å². The van der Waals surface area contributed by atoms with Crippen LogP contribution in [0, 0.1) is 0 Å². The number of allylic oxidation sites excluding steroid dienone is 2. The molecule has 0 bridgehead atoms. The molecule has 0 radical (unpaired) electrons. The maximum absolute atomic E-state index is 12.7. The van der Waals surface area contributed by atoms with Crippen molar-refractivity contribution in [1.82, 2.24) is 16.0 Å². The Kier molecular flexibility index (Phi) is 9.27. The van der Waals surface area contributed by atoms with Gasteiger partial charge in [0.15, 0.2) is 0 Å². The predicted molar refractivity (Wildman–Crippen MR) is 132 cm³/mol. The predicted octanol–water partition coefficient (Wildman–Crippen LogP) is 4.57. The summed E-state index contributed by atoms with van der Waals surface area (Å²) in [5.74, 6) is -0.0845. The van der Waals surface area contributed by atoms with Gasteiger partial charge in [-0.05, 0) is 87.8 Å². The molecule has 2 aliphatic rings. The maximum Gasteiger partial charge on any atom is 0.416 e. The van der Waals surface area contributed by atoms with E-state index in [1.807, 2.05) is 0 Å². The number of imide groups is 1. The second kappa shape index (κ2) is 12.2. The first-order chi connectivity index (χ1) is 16.7. The van der Waals surface area contributed by atoms with E-state index in [9.17, 15) is 22.8 Å². The highest BCUT2D eigenvalue weighted by Gasteiger charge is 2.30. The number of alkyl halides is 3. The molecule has 7 nitrogen and oxygen atoms in total. The van der Waals surface area contributed by atoms with Gasteiger partial charge in [0.2, 0.25) is 5.96 Å². The molecule has 0 aromatic heterocycles. The van der Waals surface area contributed by atoms with Gasteiger partial charge in [-0.3, -0.25) is 14.9 Å². The number of hydrogen-bond acceptors (Lipinski definition) is 5. The summed E-state index contributed by atoms with van der Waals surface area (Å²) in [6.45, 7) is 6.06. The Morgan fingerprint density at radius 3 is 2.43 bits per heavy atom. The lowest BCUT2D eigenvalue weighted by molar-refractivity contribution is -0.137. The molecule has 1 aliphatic carbocycles. The van der Waals surface area contributed by atoms with E-state index in [1.54, 1.807) is 19.1 Å². The van der Waals surface area contributed by atoms with Gasteiger partial charge >= 0.3 is 6.18 Å². The van der Waals surface area contributed by atoms with Crippen molar-refractivity contribution in [3.63, 3.8) is 0 Å². The van der Waals surface area contributed by atoms with Crippen molar-refractivity contribution in [2.45, 2.75) is 57.3 Å². The summed E-state index contributed by atoms with van der Waals surface area (Å²) < 4.78 is 38.0. The van der Waals surface area contributed by atoms with Crippen LogP contribution in [0.5, 0.6) is 0 Å². The molecule has 1 heterocycles. The van der Waals surface area contributed by atoms with Gasteiger partial charge < -0.3 is 10.6 Å². The van der Waals surface area contributed by atoms with Gasteiger partial charge in [0.1, 0.15) is 0 Å². The van der Waals surface area contributed by atoms with Crippen molar-refractivity contribution >= 4 is 35.6 Å². The molecule has 1 saturated heterocycles. The van der Waals surface area contributed by atoms with E-state index < -0.39 is 22.9 Å². The zero-order valence-corrected chi connectivity index (χ0v) is 20.1. The summed E-state index contributed by atoms with van der Waals surface area (Å²) in [5.41, 5.74) is 0.818. The number of carbonyl (C=O) groups excluding carboxylic acids is 2. The highest BCUT2D eigenvalue weighted by molar-refractivity contribution is 8.18. The lowest BCUT2D eigenvalue weighted by Crippen LogP contribution is -2.36. The molecule has 2 fully saturated rings. The zero-order chi connectivity index (χ0) is 25.4. The molecule has 1 aromatic carbocycles. The molecule has 35 heavy (non-hydrogen) atoms. The number of halogens is 3. The minimum atomic E-state index is -4.31. The van der Waals surface area contributed by atoms with E-state index in [-0.39, 0.29) is 6.04 Å². The Morgan fingerprint density at radius 1 is 1.20 bits per heavy atom. The van der Waals surface area contributed by atoms with E-state index >= 15 is 0 Å². The molecular weight excluding hydrogens is 479 g/mol. The van der Waals surface area contributed by atoms with E-state index in [4.69, 9.17) is 0 Å². The molecule has 3 N–H and O–H groups in total. The number of nitrogens with one attached hydrogen (secondary N) is 3. The highest BCUT2D eigenvalue weighted by Crippen LogP contribution is 2.29. The van der Waals surface area contributed by atoms with Crippen molar-refractivity contribution in [3.8, 4) is 0 Å². The lowest BCUT2D eigenvalue weighted by atomic mass is 9.91. The summed E-state index contributed by atoms with van der Waals surface area (Å²) >= 11 is 0.837. The standard InChI is InChI=1S/C24H28F3N5O2S/c1-3-17(14-20-21(33)32-23(34)35-20)30-22(28-2)31-19-10-8-18(9-11-19)29-13-12-15-4-6-16(7-5-15)24(25,26)27/h3-7,14,18-19,29H,2,8-13H2,1H3,(H,30,31)(H,32,33,34)/b17-3-,20-14-. The van der Waals surface area contributed by atoms with Crippen LogP contribution in [0.2, 0.25) is 0 Å². The Hall–Kier alpha value is -2.92. The Balaban J connectivity index is 1.44. The number of hydrogen-bond donors (Lipinski definition) is 3. The summed E-state index contributed by atoms with van der Waals surface area (Å²) in [7, 11) is 0. The molecule has 3 rings (SSSR count). The van der Waals surface area contributed by atoms with Crippen molar-refractivity contribution < 1.29 is 22.8 Å². The number of rotatable bonds is 7. The first-order valence-electron chi connectivity index (χ1n) is 11.3. The molecule has 2 amide bonds. The quantitative estimate of drug-likeness (QED) is 0.286. The Morgan fingerprint density at radius 2 is 1.89 bits per heavy atom. The van der Waals surface area contributed by atoms with E-state index in [0.717, 1.165) is 55.1 Å². The molecule has 0 spiro atoms. The molecule has 1 saturated carbocycles. The molecule has 1 aromatic rings. The van der Waals surface area contributed by atoms with Crippen molar-refractivity contribution in [2.24, 2.45) is 9.98 Å². The van der Waals surface area contributed by atoms with Crippen LogP contribution in [0.15, 0.2) is 57.0 Å². The van der Waals surface area contributed by atoms with Crippen molar-refractivity contribution in [1.29, 1.82) is 0 Å². The zero-order valence-electron chi connectivity index (χ0n) is 19.3. The van der Waals surface area contributed by atoms with Crippen LogP contribution in [0.4, 0.5) is 18.0 Å². The fourth-order valence-corrected chi connectivity index (χ4v) is 4.53. The van der Waals surface area contributed by atoms with Crippen LogP contribution >= 0.6 is 11.8 Å². The van der Waals surface area contributed by atoms with Gasteiger partial charge in [-0.15, -0.1) is 0 Å². The smallest absolute Gasteiger partial charge is 0.325 e. The SMILES string of the molecule is C=NC(=NC1CCC(NCCc2ccc(C(F)(F)F)cc2)CC1)NC(=C\C)/C=C1\SC(=O)NC1=O. The van der Waals surface area contributed by atoms with Crippen LogP contribution in [0.25, 0.3) is 0 Å². The molecule has 11 heteroatoms. The summed E-state index contributed by atoms with van der Waals surface area (Å²) in [6.07, 6.45) is 3.23. The minimum Gasteiger partial charge on any atom is -0.325 e. The van der Waals surface area contributed by atoms with Gasteiger partial charge in [-0.1, -0.05) is 18.2 Å². The summed E-state index contributed by atoms with van der Waals surface area (Å²) in [5, 5.41) is 8.35. The van der Waals surface area contributed by atoms with Crippen molar-refractivity contribution in [2.75, 3.05) is 6.54 Å². The van der Waals surface area contributed by atoms with E-state index in [1.165, 1.54) is 12.1 Å². The number of aliphatic imine (C=N–C) groups is 2.